The minimum absolute atomic E-state index is 0.113. The minimum atomic E-state index is -0.233. The molecule has 2 rings (SSSR count). The van der Waals surface area contributed by atoms with Crippen molar-refractivity contribution in [2.45, 2.75) is 13.3 Å². The summed E-state index contributed by atoms with van der Waals surface area (Å²) in [5.74, 6) is 0.165. The smallest absolute Gasteiger partial charge is 0.229 e. The van der Waals surface area contributed by atoms with E-state index in [1.807, 2.05) is 6.92 Å². The summed E-state index contributed by atoms with van der Waals surface area (Å²) in [6.45, 7) is 1.82. The first-order chi connectivity index (χ1) is 11.5. The van der Waals surface area contributed by atoms with E-state index in [9.17, 15) is 4.79 Å². The molecule has 126 valence electrons. The highest BCUT2D eigenvalue weighted by molar-refractivity contribution is 6.42. The molecule has 0 saturated heterocycles. The maximum Gasteiger partial charge on any atom is 0.229 e. The van der Waals surface area contributed by atoms with Crippen molar-refractivity contribution in [1.29, 1.82) is 0 Å². The zero-order valence-corrected chi connectivity index (χ0v) is 14.6. The second kappa shape index (κ2) is 8.63. The average molecular weight is 367 g/mol. The summed E-state index contributed by atoms with van der Waals surface area (Å²) in [5, 5.41) is 11.3. The van der Waals surface area contributed by atoms with Crippen LogP contribution in [0, 0.1) is 6.92 Å². The number of rotatable bonds is 6. The normalized spacial score (nSPS) is 11.2. The number of carbonyl (C=O) groups excluding carboxylic acids is 1. The lowest BCUT2D eigenvalue weighted by Gasteiger charge is -2.10. The topological polar surface area (TPSA) is 76.1 Å². The SMILES string of the molecule is CONC(=CCC(=O)Nc1ccc(C)nn1)c1ccc(Cl)c(Cl)c1. The number of hydroxylamine groups is 1. The number of nitrogens with zero attached hydrogens (tertiary/aromatic N) is 2. The molecule has 0 bridgehead atoms. The van der Waals surface area contributed by atoms with Gasteiger partial charge in [0.1, 0.15) is 0 Å². The van der Waals surface area contributed by atoms with Crippen LogP contribution in [-0.4, -0.2) is 23.2 Å². The van der Waals surface area contributed by atoms with Gasteiger partial charge in [-0.15, -0.1) is 5.10 Å². The van der Waals surface area contributed by atoms with Gasteiger partial charge in [0.15, 0.2) is 5.82 Å². The van der Waals surface area contributed by atoms with Gasteiger partial charge in [0.2, 0.25) is 5.91 Å². The van der Waals surface area contributed by atoms with Crippen LogP contribution in [0.4, 0.5) is 5.82 Å². The third kappa shape index (κ3) is 5.19. The summed E-state index contributed by atoms with van der Waals surface area (Å²) >= 11 is 11.9. The molecule has 1 heterocycles. The summed E-state index contributed by atoms with van der Waals surface area (Å²) in [7, 11) is 1.48. The average Bonchev–Trinajstić information content (AvgIpc) is 2.56. The highest BCUT2D eigenvalue weighted by atomic mass is 35.5. The molecule has 0 aliphatic carbocycles. The first kappa shape index (κ1) is 18.2. The Hall–Kier alpha value is -2.15. The molecular weight excluding hydrogens is 351 g/mol. The van der Waals surface area contributed by atoms with Crippen molar-refractivity contribution in [3.8, 4) is 0 Å². The van der Waals surface area contributed by atoms with Gasteiger partial charge in [-0.2, -0.15) is 5.10 Å². The lowest BCUT2D eigenvalue weighted by molar-refractivity contribution is -0.115. The Labute approximate surface area is 149 Å². The summed E-state index contributed by atoms with van der Waals surface area (Å²) in [5.41, 5.74) is 4.84. The molecule has 0 spiro atoms. The van der Waals surface area contributed by atoms with E-state index in [4.69, 9.17) is 28.0 Å². The molecule has 2 N–H and O–H groups in total. The molecule has 6 nitrogen and oxygen atoms in total. The molecule has 0 aliphatic heterocycles. The van der Waals surface area contributed by atoms with E-state index in [2.05, 4.69) is 21.0 Å². The van der Waals surface area contributed by atoms with Crippen molar-refractivity contribution in [2.24, 2.45) is 0 Å². The summed E-state index contributed by atoms with van der Waals surface area (Å²) < 4.78 is 0. The van der Waals surface area contributed by atoms with Crippen molar-refractivity contribution >= 4 is 40.6 Å². The monoisotopic (exact) mass is 366 g/mol. The lowest BCUT2D eigenvalue weighted by Crippen LogP contribution is -2.14. The Morgan fingerprint density at radius 3 is 2.62 bits per heavy atom. The van der Waals surface area contributed by atoms with Gasteiger partial charge in [-0.3, -0.25) is 15.1 Å². The molecule has 0 unspecified atom stereocenters. The van der Waals surface area contributed by atoms with Crippen LogP contribution in [0.1, 0.15) is 17.7 Å². The molecule has 0 fully saturated rings. The summed E-state index contributed by atoms with van der Waals surface area (Å²) in [4.78, 5) is 17.0. The highest BCUT2D eigenvalue weighted by Gasteiger charge is 2.07. The quantitative estimate of drug-likeness (QED) is 0.763. The van der Waals surface area contributed by atoms with Gasteiger partial charge in [-0.25, -0.2) is 0 Å². The van der Waals surface area contributed by atoms with E-state index in [-0.39, 0.29) is 12.3 Å². The summed E-state index contributed by atoms with van der Waals surface area (Å²) in [6, 6.07) is 8.59. The van der Waals surface area contributed by atoms with E-state index < -0.39 is 0 Å². The zero-order chi connectivity index (χ0) is 17.5. The number of hydrogen-bond donors (Lipinski definition) is 2. The van der Waals surface area contributed by atoms with Gasteiger partial charge in [-0.1, -0.05) is 29.3 Å². The van der Waals surface area contributed by atoms with Crippen LogP contribution in [-0.2, 0) is 9.63 Å². The number of hydrogen-bond acceptors (Lipinski definition) is 5. The van der Waals surface area contributed by atoms with E-state index in [1.54, 1.807) is 36.4 Å². The molecule has 8 heteroatoms. The van der Waals surface area contributed by atoms with E-state index in [1.165, 1.54) is 7.11 Å². The van der Waals surface area contributed by atoms with Gasteiger partial charge in [0.05, 0.1) is 28.5 Å². The van der Waals surface area contributed by atoms with Crippen molar-refractivity contribution in [3.63, 3.8) is 0 Å². The predicted octanol–water partition coefficient (Wildman–Crippen LogP) is 3.61. The second-order valence-electron chi connectivity index (χ2n) is 4.87. The Bertz CT molecular complexity index is 748. The first-order valence-corrected chi connectivity index (χ1v) is 7.80. The van der Waals surface area contributed by atoms with Gasteiger partial charge in [-0.05, 0) is 37.3 Å². The number of carbonyl (C=O) groups is 1. The second-order valence-corrected chi connectivity index (χ2v) is 5.68. The van der Waals surface area contributed by atoms with E-state index >= 15 is 0 Å². The van der Waals surface area contributed by atoms with Gasteiger partial charge in [0.25, 0.3) is 0 Å². The molecule has 0 radical (unpaired) electrons. The fourth-order valence-corrected chi connectivity index (χ4v) is 2.14. The fraction of sp³-hybridized carbons (Fsp3) is 0.188. The number of benzene rings is 1. The third-order valence-electron chi connectivity index (χ3n) is 3.00. The van der Waals surface area contributed by atoms with Crippen LogP contribution in [0.3, 0.4) is 0 Å². The highest BCUT2D eigenvalue weighted by Crippen LogP contribution is 2.25. The van der Waals surface area contributed by atoms with Gasteiger partial charge >= 0.3 is 0 Å². The molecule has 1 aromatic carbocycles. The molecule has 1 amide bonds. The van der Waals surface area contributed by atoms with Crippen molar-refractivity contribution in [1.82, 2.24) is 15.7 Å². The molecular formula is C16H16Cl2N4O2. The van der Waals surface area contributed by atoms with Crippen molar-refractivity contribution in [3.05, 3.63) is 57.7 Å². The van der Waals surface area contributed by atoms with Crippen LogP contribution in [0.5, 0.6) is 0 Å². The number of aromatic nitrogens is 2. The zero-order valence-electron chi connectivity index (χ0n) is 13.1. The van der Waals surface area contributed by atoms with Crippen molar-refractivity contribution < 1.29 is 9.63 Å². The van der Waals surface area contributed by atoms with Crippen LogP contribution in [0.2, 0.25) is 10.0 Å². The maximum atomic E-state index is 12.0. The minimum Gasteiger partial charge on any atom is -0.309 e. The number of aryl methyl sites for hydroxylation is 1. The Morgan fingerprint density at radius 1 is 1.21 bits per heavy atom. The van der Waals surface area contributed by atoms with E-state index in [0.29, 0.717) is 21.6 Å². The number of anilines is 1. The predicted molar refractivity (Wildman–Crippen MR) is 94.6 cm³/mol. The fourth-order valence-electron chi connectivity index (χ4n) is 1.85. The summed E-state index contributed by atoms with van der Waals surface area (Å²) in [6.07, 6.45) is 1.79. The van der Waals surface area contributed by atoms with Crippen LogP contribution >= 0.6 is 23.2 Å². The standard InChI is InChI=1S/C16H16Cl2N4O2/c1-10-3-7-15(21-20-10)19-16(23)8-6-14(22-24-2)11-4-5-12(17)13(18)9-11/h3-7,9,22H,8H2,1-2H3,(H,19,21,23). The molecule has 2 aromatic rings. The van der Waals surface area contributed by atoms with Gasteiger partial charge in [0, 0.05) is 12.0 Å². The number of amides is 1. The molecule has 1 aromatic heterocycles. The molecule has 0 saturated carbocycles. The number of halogens is 2. The third-order valence-corrected chi connectivity index (χ3v) is 3.74. The Balaban J connectivity index is 2.08. The lowest BCUT2D eigenvalue weighted by atomic mass is 10.1. The largest absolute Gasteiger partial charge is 0.309 e. The molecule has 0 aliphatic rings. The number of nitrogens with one attached hydrogen (secondary N) is 2. The maximum absolute atomic E-state index is 12.0. The van der Waals surface area contributed by atoms with Crippen molar-refractivity contribution in [2.75, 3.05) is 12.4 Å². The molecule has 24 heavy (non-hydrogen) atoms. The van der Waals surface area contributed by atoms with Crippen LogP contribution < -0.4 is 10.8 Å². The van der Waals surface area contributed by atoms with Crippen LogP contribution in [0.15, 0.2) is 36.4 Å². The van der Waals surface area contributed by atoms with Crippen LogP contribution in [0.25, 0.3) is 5.70 Å². The Kier molecular flexibility index (Phi) is 6.54. The molecule has 0 atom stereocenters. The van der Waals surface area contributed by atoms with Gasteiger partial charge < -0.3 is 5.32 Å². The Morgan fingerprint density at radius 2 is 2.00 bits per heavy atom. The first-order valence-electron chi connectivity index (χ1n) is 7.04. The van der Waals surface area contributed by atoms with E-state index in [0.717, 1.165) is 11.3 Å².